The SMILES string of the molecule is [B]c1cccc2c1sc1ccc(N)cc12. The van der Waals surface area contributed by atoms with Crippen LogP contribution in [0.1, 0.15) is 0 Å². The zero-order valence-electron chi connectivity index (χ0n) is 8.03. The van der Waals surface area contributed by atoms with E-state index in [1.54, 1.807) is 11.3 Å². The van der Waals surface area contributed by atoms with Crippen LogP contribution in [-0.4, -0.2) is 7.85 Å². The molecule has 0 saturated heterocycles. The Bertz CT molecular complexity index is 657. The number of rotatable bonds is 0. The third kappa shape index (κ3) is 1.23. The van der Waals surface area contributed by atoms with Crippen LogP contribution in [0.2, 0.25) is 0 Å². The maximum atomic E-state index is 5.94. The van der Waals surface area contributed by atoms with Crippen LogP contribution < -0.4 is 11.2 Å². The molecule has 0 amide bonds. The summed E-state index contributed by atoms with van der Waals surface area (Å²) in [5, 5.41) is 2.39. The fraction of sp³-hybridized carbons (Fsp3) is 0. The van der Waals surface area contributed by atoms with E-state index in [1.807, 2.05) is 24.3 Å². The summed E-state index contributed by atoms with van der Waals surface area (Å²) in [6, 6.07) is 12.0. The van der Waals surface area contributed by atoms with Crippen LogP contribution in [0.5, 0.6) is 0 Å². The summed E-state index contributed by atoms with van der Waals surface area (Å²) < 4.78 is 2.38. The van der Waals surface area contributed by atoms with Gasteiger partial charge in [-0.25, -0.2) is 0 Å². The number of thiophene rings is 1. The highest BCUT2D eigenvalue weighted by Crippen LogP contribution is 2.33. The second-order valence-electron chi connectivity index (χ2n) is 3.58. The second kappa shape index (κ2) is 3.01. The monoisotopic (exact) mass is 209 g/mol. The highest BCUT2D eigenvalue weighted by atomic mass is 32.1. The van der Waals surface area contributed by atoms with Crippen molar-refractivity contribution in [2.24, 2.45) is 0 Å². The van der Waals surface area contributed by atoms with E-state index in [0.717, 1.165) is 15.9 Å². The number of fused-ring (bicyclic) bond motifs is 3. The zero-order valence-corrected chi connectivity index (χ0v) is 8.84. The van der Waals surface area contributed by atoms with E-state index in [-0.39, 0.29) is 0 Å². The number of anilines is 1. The molecule has 3 aromatic rings. The van der Waals surface area contributed by atoms with Gasteiger partial charge in [-0.3, -0.25) is 0 Å². The lowest BCUT2D eigenvalue weighted by atomic mass is 9.94. The zero-order chi connectivity index (χ0) is 10.4. The van der Waals surface area contributed by atoms with Crippen molar-refractivity contribution in [3.8, 4) is 0 Å². The molecule has 0 saturated carbocycles. The van der Waals surface area contributed by atoms with Gasteiger partial charge in [0.1, 0.15) is 7.85 Å². The van der Waals surface area contributed by atoms with Gasteiger partial charge in [-0.15, -0.1) is 11.3 Å². The summed E-state index contributed by atoms with van der Waals surface area (Å²) >= 11 is 1.72. The quantitative estimate of drug-likeness (QED) is 0.446. The van der Waals surface area contributed by atoms with Gasteiger partial charge in [-0.2, -0.15) is 0 Å². The van der Waals surface area contributed by atoms with Gasteiger partial charge in [0.25, 0.3) is 0 Å². The van der Waals surface area contributed by atoms with Crippen molar-refractivity contribution in [1.82, 2.24) is 0 Å². The summed E-state index contributed by atoms with van der Waals surface area (Å²) in [5.41, 5.74) is 7.42. The molecule has 0 aliphatic rings. The van der Waals surface area contributed by atoms with E-state index in [9.17, 15) is 0 Å². The normalized spacial score (nSPS) is 11.2. The third-order valence-corrected chi connectivity index (χ3v) is 3.79. The van der Waals surface area contributed by atoms with Gasteiger partial charge in [0.2, 0.25) is 0 Å². The van der Waals surface area contributed by atoms with Crippen molar-refractivity contribution < 1.29 is 0 Å². The molecular formula is C12H8BNS. The van der Waals surface area contributed by atoms with E-state index in [2.05, 4.69) is 12.1 Å². The first-order chi connectivity index (χ1) is 7.25. The van der Waals surface area contributed by atoms with E-state index in [1.165, 1.54) is 15.5 Å². The Balaban J connectivity index is 2.58. The Hall–Kier alpha value is -1.48. The highest BCUT2D eigenvalue weighted by Gasteiger charge is 2.05. The van der Waals surface area contributed by atoms with Crippen LogP contribution in [0.15, 0.2) is 36.4 Å². The van der Waals surface area contributed by atoms with Gasteiger partial charge in [0, 0.05) is 20.5 Å². The Kier molecular flexibility index (Phi) is 1.76. The molecule has 3 heteroatoms. The molecule has 1 heterocycles. The van der Waals surface area contributed by atoms with Gasteiger partial charge in [-0.05, 0) is 23.6 Å². The highest BCUT2D eigenvalue weighted by molar-refractivity contribution is 7.26. The minimum atomic E-state index is 0.796. The molecule has 0 atom stereocenters. The van der Waals surface area contributed by atoms with E-state index < -0.39 is 0 Å². The van der Waals surface area contributed by atoms with Crippen molar-refractivity contribution in [3.63, 3.8) is 0 Å². The first-order valence-electron chi connectivity index (χ1n) is 4.72. The number of benzene rings is 2. The molecular weight excluding hydrogens is 201 g/mol. The van der Waals surface area contributed by atoms with Crippen LogP contribution in [0, 0.1) is 0 Å². The molecule has 0 fully saturated rings. The van der Waals surface area contributed by atoms with Crippen LogP contribution in [0.3, 0.4) is 0 Å². The standard InChI is InChI=1S/C12H8BNS/c13-10-3-1-2-8-9-6-7(14)4-5-11(9)15-12(8)10/h1-6H,14H2. The second-order valence-corrected chi connectivity index (χ2v) is 4.63. The molecule has 3 rings (SSSR count). The summed E-state index contributed by atoms with van der Waals surface area (Å²) in [6.45, 7) is 0. The molecule has 2 radical (unpaired) electrons. The third-order valence-electron chi connectivity index (χ3n) is 2.55. The van der Waals surface area contributed by atoms with Crippen LogP contribution in [-0.2, 0) is 0 Å². The Morgan fingerprint density at radius 3 is 2.80 bits per heavy atom. The molecule has 1 aromatic heterocycles. The lowest BCUT2D eigenvalue weighted by Gasteiger charge is -1.95. The minimum absolute atomic E-state index is 0.796. The number of hydrogen-bond donors (Lipinski definition) is 1. The van der Waals surface area contributed by atoms with Crippen LogP contribution >= 0.6 is 11.3 Å². The fourth-order valence-electron chi connectivity index (χ4n) is 1.84. The van der Waals surface area contributed by atoms with Gasteiger partial charge in [0.05, 0.1) is 0 Å². The Labute approximate surface area is 92.9 Å². The van der Waals surface area contributed by atoms with Crippen molar-refractivity contribution in [3.05, 3.63) is 36.4 Å². The number of nitrogen functional groups attached to an aromatic ring is 1. The van der Waals surface area contributed by atoms with Crippen LogP contribution in [0.25, 0.3) is 20.2 Å². The van der Waals surface area contributed by atoms with E-state index >= 15 is 0 Å². The summed E-state index contributed by atoms with van der Waals surface area (Å²) in [6.07, 6.45) is 0. The first-order valence-corrected chi connectivity index (χ1v) is 5.53. The largest absolute Gasteiger partial charge is 0.399 e. The molecule has 0 aliphatic heterocycles. The van der Waals surface area contributed by atoms with Gasteiger partial charge in [0.15, 0.2) is 0 Å². The molecule has 0 aliphatic carbocycles. The molecule has 0 bridgehead atoms. The molecule has 1 nitrogen and oxygen atoms in total. The van der Waals surface area contributed by atoms with Crippen LogP contribution in [0.4, 0.5) is 5.69 Å². The van der Waals surface area contributed by atoms with Crippen molar-refractivity contribution in [2.45, 2.75) is 0 Å². The summed E-state index contributed by atoms with van der Waals surface area (Å²) in [4.78, 5) is 0. The Morgan fingerprint density at radius 2 is 1.93 bits per heavy atom. The van der Waals surface area contributed by atoms with Gasteiger partial charge >= 0.3 is 0 Å². The molecule has 15 heavy (non-hydrogen) atoms. The maximum Gasteiger partial charge on any atom is 0.115 e. The van der Waals surface area contributed by atoms with Crippen molar-refractivity contribution in [1.29, 1.82) is 0 Å². The van der Waals surface area contributed by atoms with Crippen molar-refractivity contribution >= 4 is 50.5 Å². The van der Waals surface area contributed by atoms with E-state index in [0.29, 0.717) is 0 Å². The molecule has 0 spiro atoms. The van der Waals surface area contributed by atoms with Crippen molar-refractivity contribution in [2.75, 3.05) is 5.73 Å². The van der Waals surface area contributed by atoms with Gasteiger partial charge in [-0.1, -0.05) is 23.7 Å². The first kappa shape index (κ1) is 8.80. The molecule has 0 unspecified atom stereocenters. The van der Waals surface area contributed by atoms with Gasteiger partial charge < -0.3 is 5.73 Å². The minimum Gasteiger partial charge on any atom is -0.399 e. The summed E-state index contributed by atoms with van der Waals surface area (Å²) in [7, 11) is 5.94. The lowest BCUT2D eigenvalue weighted by molar-refractivity contribution is 1.79. The Morgan fingerprint density at radius 1 is 1.07 bits per heavy atom. The predicted molar refractivity (Wildman–Crippen MR) is 69.1 cm³/mol. The number of hydrogen-bond acceptors (Lipinski definition) is 2. The average Bonchev–Trinajstić information content (AvgIpc) is 2.58. The average molecular weight is 209 g/mol. The molecule has 2 N–H and O–H groups in total. The lowest BCUT2D eigenvalue weighted by Crippen LogP contribution is -1.99. The molecule has 70 valence electrons. The summed E-state index contributed by atoms with van der Waals surface area (Å²) in [5.74, 6) is 0. The fourth-order valence-corrected chi connectivity index (χ4v) is 2.95. The predicted octanol–water partition coefficient (Wildman–Crippen LogP) is 2.43. The maximum absolute atomic E-state index is 5.94. The smallest absolute Gasteiger partial charge is 0.115 e. The number of nitrogens with two attached hydrogens (primary N) is 1. The molecule has 2 aromatic carbocycles. The van der Waals surface area contributed by atoms with E-state index in [4.69, 9.17) is 13.6 Å². The topological polar surface area (TPSA) is 26.0 Å².